The van der Waals surface area contributed by atoms with E-state index in [2.05, 4.69) is 0 Å². The standard InChI is InChI=1S/C21H24N2O4/c1-15(27-18-5-3-2-4-6-18)21(25)23-11-12-26-19-9-7-16(8-10-20(22)24)13-17(19)14-23/h2-7,9,13,15H,8,10-12,14H2,1H3,(H2,22,24). The topological polar surface area (TPSA) is 81.9 Å². The fourth-order valence-corrected chi connectivity index (χ4v) is 3.07. The molecule has 0 spiro atoms. The molecule has 1 aliphatic rings. The van der Waals surface area contributed by atoms with Crippen LogP contribution in [0, 0.1) is 0 Å². The van der Waals surface area contributed by atoms with Crippen LogP contribution in [-0.4, -0.2) is 36.0 Å². The van der Waals surface area contributed by atoms with Gasteiger partial charge >= 0.3 is 0 Å². The molecule has 0 saturated heterocycles. The Morgan fingerprint density at radius 3 is 2.74 bits per heavy atom. The highest BCUT2D eigenvalue weighted by atomic mass is 16.5. The molecule has 0 aromatic heterocycles. The zero-order chi connectivity index (χ0) is 19.2. The summed E-state index contributed by atoms with van der Waals surface area (Å²) in [6.07, 6.45) is 0.279. The molecule has 3 rings (SSSR count). The van der Waals surface area contributed by atoms with Gasteiger partial charge < -0.3 is 20.1 Å². The van der Waals surface area contributed by atoms with Gasteiger partial charge in [0.05, 0.1) is 6.54 Å². The second kappa shape index (κ2) is 8.58. The molecule has 2 aromatic carbocycles. The molecule has 2 aromatic rings. The first kappa shape index (κ1) is 18.8. The Bertz CT molecular complexity index is 807. The molecule has 0 fully saturated rings. The number of hydrogen-bond acceptors (Lipinski definition) is 4. The number of primary amides is 1. The van der Waals surface area contributed by atoms with Crippen LogP contribution in [0.5, 0.6) is 11.5 Å². The summed E-state index contributed by atoms with van der Waals surface area (Å²) in [5.41, 5.74) is 7.16. The summed E-state index contributed by atoms with van der Waals surface area (Å²) in [7, 11) is 0. The summed E-state index contributed by atoms with van der Waals surface area (Å²) < 4.78 is 11.5. The third-order valence-corrected chi connectivity index (χ3v) is 4.48. The number of benzene rings is 2. The maximum Gasteiger partial charge on any atom is 0.263 e. The minimum absolute atomic E-state index is 0.0853. The minimum atomic E-state index is -0.591. The SMILES string of the molecule is CC(Oc1ccccc1)C(=O)N1CCOc2ccc(CCC(N)=O)cc2C1. The predicted molar refractivity (Wildman–Crippen MR) is 101 cm³/mol. The number of nitrogens with two attached hydrogens (primary N) is 1. The van der Waals surface area contributed by atoms with Crippen molar-refractivity contribution in [1.82, 2.24) is 4.90 Å². The monoisotopic (exact) mass is 368 g/mol. The maximum atomic E-state index is 12.8. The number of para-hydroxylation sites is 1. The van der Waals surface area contributed by atoms with E-state index in [1.54, 1.807) is 11.8 Å². The Kier molecular flexibility index (Phi) is 5.96. The number of rotatable bonds is 6. The van der Waals surface area contributed by atoms with E-state index in [1.165, 1.54) is 0 Å². The third kappa shape index (κ3) is 5.00. The van der Waals surface area contributed by atoms with Gasteiger partial charge in [-0.15, -0.1) is 0 Å². The molecule has 2 N–H and O–H groups in total. The molecular weight excluding hydrogens is 344 g/mol. The summed E-state index contributed by atoms with van der Waals surface area (Å²) in [5, 5.41) is 0. The van der Waals surface area contributed by atoms with Crippen LogP contribution in [0.4, 0.5) is 0 Å². The molecule has 27 heavy (non-hydrogen) atoms. The largest absolute Gasteiger partial charge is 0.491 e. The highest BCUT2D eigenvalue weighted by molar-refractivity contribution is 5.81. The van der Waals surface area contributed by atoms with Gasteiger partial charge in [-0.25, -0.2) is 0 Å². The van der Waals surface area contributed by atoms with Crippen LogP contribution in [0.1, 0.15) is 24.5 Å². The zero-order valence-corrected chi connectivity index (χ0v) is 15.4. The summed E-state index contributed by atoms with van der Waals surface area (Å²) in [6.45, 7) is 3.12. The number of fused-ring (bicyclic) bond motifs is 1. The Balaban J connectivity index is 1.70. The second-order valence-electron chi connectivity index (χ2n) is 6.59. The van der Waals surface area contributed by atoms with Gasteiger partial charge in [-0.3, -0.25) is 9.59 Å². The van der Waals surface area contributed by atoms with Gasteiger partial charge in [0.25, 0.3) is 5.91 Å². The molecule has 1 atom stereocenters. The Morgan fingerprint density at radius 2 is 2.00 bits per heavy atom. The van der Waals surface area contributed by atoms with Crippen LogP contribution in [0.25, 0.3) is 0 Å². The molecule has 0 bridgehead atoms. The van der Waals surface area contributed by atoms with Crippen molar-refractivity contribution >= 4 is 11.8 Å². The Labute approximate surface area is 158 Å². The van der Waals surface area contributed by atoms with Gasteiger partial charge in [0.2, 0.25) is 5.91 Å². The number of hydrogen-bond donors (Lipinski definition) is 1. The van der Waals surface area contributed by atoms with E-state index >= 15 is 0 Å². The van der Waals surface area contributed by atoms with Crippen molar-refractivity contribution in [1.29, 1.82) is 0 Å². The highest BCUT2D eigenvalue weighted by Crippen LogP contribution is 2.25. The molecule has 0 saturated carbocycles. The van der Waals surface area contributed by atoms with E-state index in [-0.39, 0.29) is 11.8 Å². The molecule has 2 amide bonds. The van der Waals surface area contributed by atoms with Gasteiger partial charge in [-0.2, -0.15) is 0 Å². The van der Waals surface area contributed by atoms with Crippen LogP contribution in [0.2, 0.25) is 0 Å². The Morgan fingerprint density at radius 1 is 1.22 bits per heavy atom. The average molecular weight is 368 g/mol. The van der Waals surface area contributed by atoms with E-state index in [0.717, 1.165) is 16.9 Å². The van der Waals surface area contributed by atoms with Gasteiger partial charge in [0, 0.05) is 18.5 Å². The quantitative estimate of drug-likeness (QED) is 0.848. The molecule has 142 valence electrons. The van der Waals surface area contributed by atoms with Crippen molar-refractivity contribution in [3.05, 3.63) is 59.7 Å². The lowest BCUT2D eigenvalue weighted by molar-refractivity contribution is -0.138. The molecule has 6 heteroatoms. The molecule has 0 aliphatic carbocycles. The molecule has 1 aliphatic heterocycles. The van der Waals surface area contributed by atoms with Crippen LogP contribution in [0.15, 0.2) is 48.5 Å². The maximum absolute atomic E-state index is 12.8. The number of aryl methyl sites for hydroxylation is 1. The fraction of sp³-hybridized carbons (Fsp3) is 0.333. The van der Waals surface area contributed by atoms with Gasteiger partial charge in [0.1, 0.15) is 18.1 Å². The van der Waals surface area contributed by atoms with Crippen molar-refractivity contribution in [2.45, 2.75) is 32.4 Å². The van der Waals surface area contributed by atoms with Crippen LogP contribution in [-0.2, 0) is 22.6 Å². The molecule has 0 radical (unpaired) electrons. The molecule has 6 nitrogen and oxygen atoms in total. The predicted octanol–water partition coefficient (Wildman–Crippen LogP) is 2.29. The van der Waals surface area contributed by atoms with E-state index in [0.29, 0.717) is 38.3 Å². The lowest BCUT2D eigenvalue weighted by Crippen LogP contribution is -2.41. The average Bonchev–Trinajstić information content (AvgIpc) is 2.88. The Hall–Kier alpha value is -3.02. The van der Waals surface area contributed by atoms with E-state index < -0.39 is 6.10 Å². The lowest BCUT2D eigenvalue weighted by atomic mass is 10.0. The first-order valence-corrected chi connectivity index (χ1v) is 9.06. The van der Waals surface area contributed by atoms with E-state index in [1.807, 2.05) is 48.5 Å². The first-order valence-electron chi connectivity index (χ1n) is 9.06. The summed E-state index contributed by atoms with van der Waals surface area (Å²) in [6, 6.07) is 15.1. The lowest BCUT2D eigenvalue weighted by Gasteiger charge is -2.24. The second-order valence-corrected chi connectivity index (χ2v) is 6.59. The van der Waals surface area contributed by atoms with Gasteiger partial charge in [-0.1, -0.05) is 30.3 Å². The zero-order valence-electron chi connectivity index (χ0n) is 15.4. The van der Waals surface area contributed by atoms with Crippen molar-refractivity contribution < 1.29 is 19.1 Å². The van der Waals surface area contributed by atoms with Crippen molar-refractivity contribution in [3.63, 3.8) is 0 Å². The van der Waals surface area contributed by atoms with Crippen LogP contribution >= 0.6 is 0 Å². The van der Waals surface area contributed by atoms with Crippen LogP contribution in [0.3, 0.4) is 0 Å². The third-order valence-electron chi connectivity index (χ3n) is 4.48. The first-order chi connectivity index (χ1) is 13.0. The number of carbonyl (C=O) groups is 2. The molecular formula is C21H24N2O4. The smallest absolute Gasteiger partial charge is 0.263 e. The van der Waals surface area contributed by atoms with Crippen molar-refractivity contribution in [2.24, 2.45) is 5.73 Å². The number of carbonyl (C=O) groups excluding carboxylic acids is 2. The fourth-order valence-electron chi connectivity index (χ4n) is 3.07. The van der Waals surface area contributed by atoms with Crippen LogP contribution < -0.4 is 15.2 Å². The van der Waals surface area contributed by atoms with E-state index in [9.17, 15) is 9.59 Å². The van der Waals surface area contributed by atoms with E-state index in [4.69, 9.17) is 15.2 Å². The number of amides is 2. The summed E-state index contributed by atoms with van der Waals surface area (Å²) in [5.74, 6) is 1.02. The number of nitrogens with zero attached hydrogens (tertiary/aromatic N) is 1. The van der Waals surface area contributed by atoms with Crippen molar-refractivity contribution in [2.75, 3.05) is 13.2 Å². The summed E-state index contributed by atoms with van der Waals surface area (Å²) in [4.78, 5) is 25.6. The molecule has 1 unspecified atom stereocenters. The molecule has 1 heterocycles. The highest BCUT2D eigenvalue weighted by Gasteiger charge is 2.25. The normalized spacial score (nSPS) is 14.5. The minimum Gasteiger partial charge on any atom is -0.491 e. The summed E-state index contributed by atoms with van der Waals surface area (Å²) >= 11 is 0. The van der Waals surface area contributed by atoms with Crippen molar-refractivity contribution in [3.8, 4) is 11.5 Å². The number of ether oxygens (including phenoxy) is 2. The van der Waals surface area contributed by atoms with Gasteiger partial charge in [0.15, 0.2) is 6.10 Å². The van der Waals surface area contributed by atoms with Gasteiger partial charge in [-0.05, 0) is 37.1 Å².